The number of nitrogens with zero attached hydrogens (tertiary/aromatic N) is 2. The van der Waals surface area contributed by atoms with Crippen LogP contribution in [-0.4, -0.2) is 29.4 Å². The monoisotopic (exact) mass is 432 g/mol. The summed E-state index contributed by atoms with van der Waals surface area (Å²) in [7, 11) is 0. The molecule has 0 N–H and O–H groups in total. The van der Waals surface area contributed by atoms with Crippen LogP contribution in [0.4, 0.5) is 5.82 Å². The van der Waals surface area contributed by atoms with Crippen molar-refractivity contribution in [2.24, 2.45) is 5.92 Å². The Bertz CT molecular complexity index is 1030. The van der Waals surface area contributed by atoms with Gasteiger partial charge in [0, 0.05) is 6.20 Å². The van der Waals surface area contributed by atoms with Crippen LogP contribution in [0, 0.1) is 5.92 Å². The topological polar surface area (TPSA) is 68.7 Å². The van der Waals surface area contributed by atoms with Crippen LogP contribution in [0.25, 0.3) is 0 Å². The van der Waals surface area contributed by atoms with Crippen molar-refractivity contribution >= 4 is 17.5 Å². The highest BCUT2D eigenvalue weighted by Gasteiger charge is 2.52. The summed E-state index contributed by atoms with van der Waals surface area (Å²) in [5.41, 5.74) is 1.33. The second kappa shape index (κ2) is 8.77. The number of benzene rings is 1. The van der Waals surface area contributed by atoms with Gasteiger partial charge in [-0.15, -0.1) is 0 Å². The number of pyridine rings is 1. The molecule has 2 aromatic rings. The van der Waals surface area contributed by atoms with Crippen LogP contribution >= 0.6 is 0 Å². The zero-order valence-corrected chi connectivity index (χ0v) is 18.3. The zero-order valence-electron chi connectivity index (χ0n) is 18.3. The molecule has 5 rings (SSSR count). The van der Waals surface area contributed by atoms with E-state index in [0.29, 0.717) is 18.0 Å². The molecule has 32 heavy (non-hydrogen) atoms. The third kappa shape index (κ3) is 3.57. The van der Waals surface area contributed by atoms with Crippen LogP contribution in [0.2, 0.25) is 0 Å². The number of unbranched alkanes of at least 4 members (excludes halogenated alkanes) is 1. The number of hydrogen-bond donors (Lipinski definition) is 0. The number of Topliss-reactive ketones (excluding diaryl/α,β-unsaturated/α-hetero) is 1. The number of fused-ring (bicyclic) bond motifs is 1. The highest BCUT2D eigenvalue weighted by molar-refractivity contribution is 6.17. The van der Waals surface area contributed by atoms with Crippen LogP contribution in [0.5, 0.6) is 5.75 Å². The van der Waals surface area contributed by atoms with E-state index in [1.165, 1.54) is 0 Å². The molecule has 1 fully saturated rings. The highest BCUT2D eigenvalue weighted by atomic mass is 16.5. The van der Waals surface area contributed by atoms with E-state index in [1.807, 2.05) is 36.4 Å². The van der Waals surface area contributed by atoms with Crippen molar-refractivity contribution < 1.29 is 19.1 Å². The van der Waals surface area contributed by atoms with Crippen molar-refractivity contribution in [1.29, 1.82) is 0 Å². The van der Waals surface area contributed by atoms with Crippen molar-refractivity contribution in [2.75, 3.05) is 11.5 Å². The summed E-state index contributed by atoms with van der Waals surface area (Å²) in [4.78, 5) is 33.2. The van der Waals surface area contributed by atoms with Crippen LogP contribution in [0.1, 0.15) is 57.1 Å². The Kier molecular flexibility index (Phi) is 5.68. The van der Waals surface area contributed by atoms with E-state index in [2.05, 4.69) is 11.9 Å². The fourth-order valence-electron chi connectivity index (χ4n) is 4.97. The van der Waals surface area contributed by atoms with Gasteiger partial charge in [-0.25, -0.2) is 4.98 Å². The molecule has 0 bridgehead atoms. The molecule has 3 unspecified atom stereocenters. The molecule has 6 nitrogen and oxygen atoms in total. The molecule has 0 radical (unpaired) electrons. The maximum absolute atomic E-state index is 13.6. The largest absolute Gasteiger partial charge is 0.494 e. The molecule has 1 amide bonds. The molecule has 1 aliphatic carbocycles. The number of carbonyl (C=O) groups is 2. The molecule has 3 aliphatic rings. The molecule has 1 aromatic heterocycles. The second-order valence-electron chi connectivity index (χ2n) is 8.69. The average Bonchev–Trinajstić information content (AvgIpc) is 3.13. The van der Waals surface area contributed by atoms with Crippen LogP contribution in [0.3, 0.4) is 0 Å². The van der Waals surface area contributed by atoms with E-state index in [4.69, 9.17) is 9.47 Å². The predicted molar refractivity (Wildman–Crippen MR) is 120 cm³/mol. The Hall–Kier alpha value is -3.15. The summed E-state index contributed by atoms with van der Waals surface area (Å²) in [5, 5.41) is 0. The van der Waals surface area contributed by atoms with Gasteiger partial charge in [-0.05, 0) is 55.5 Å². The molecular formula is C26H28N2O4. The van der Waals surface area contributed by atoms with E-state index in [-0.39, 0.29) is 29.5 Å². The molecule has 1 saturated carbocycles. The number of anilines is 1. The van der Waals surface area contributed by atoms with E-state index in [1.54, 1.807) is 17.2 Å². The maximum Gasteiger partial charge on any atom is 0.295 e. The first-order chi connectivity index (χ1) is 15.7. The normalized spacial score (nSPS) is 24.8. The molecule has 0 spiro atoms. The fourth-order valence-corrected chi connectivity index (χ4v) is 4.97. The molecule has 3 atom stereocenters. The van der Waals surface area contributed by atoms with E-state index >= 15 is 0 Å². The zero-order chi connectivity index (χ0) is 22.1. The van der Waals surface area contributed by atoms with Gasteiger partial charge < -0.3 is 9.47 Å². The van der Waals surface area contributed by atoms with Gasteiger partial charge in [0.1, 0.15) is 17.7 Å². The fraction of sp³-hybridized carbons (Fsp3) is 0.423. The molecule has 2 aliphatic heterocycles. The summed E-state index contributed by atoms with van der Waals surface area (Å²) < 4.78 is 12.0. The quantitative estimate of drug-likeness (QED) is 0.616. The number of ether oxygens (including phenoxy) is 2. The van der Waals surface area contributed by atoms with Crippen molar-refractivity contribution in [3.63, 3.8) is 0 Å². The second-order valence-corrected chi connectivity index (χ2v) is 8.69. The third-order valence-corrected chi connectivity index (χ3v) is 6.62. The molecule has 1 aromatic carbocycles. The Balaban J connectivity index is 1.54. The number of carbonyl (C=O) groups excluding carboxylic acids is 2. The maximum atomic E-state index is 13.6. The van der Waals surface area contributed by atoms with E-state index in [0.717, 1.165) is 49.8 Å². The lowest BCUT2D eigenvalue weighted by Crippen LogP contribution is -2.39. The molecule has 6 heteroatoms. The summed E-state index contributed by atoms with van der Waals surface area (Å²) in [6, 6.07) is 12.6. The van der Waals surface area contributed by atoms with Crippen LogP contribution < -0.4 is 9.64 Å². The number of ketones is 1. The Morgan fingerprint density at radius 3 is 2.66 bits per heavy atom. The van der Waals surface area contributed by atoms with Crippen LogP contribution in [0.15, 0.2) is 60.0 Å². The number of aromatic nitrogens is 1. The van der Waals surface area contributed by atoms with Gasteiger partial charge in [0.2, 0.25) is 0 Å². The summed E-state index contributed by atoms with van der Waals surface area (Å²) >= 11 is 0. The Labute approximate surface area is 188 Å². The molecule has 166 valence electrons. The van der Waals surface area contributed by atoms with Gasteiger partial charge in [0.15, 0.2) is 11.5 Å². The lowest BCUT2D eigenvalue weighted by Gasteiger charge is -2.35. The first-order valence-electron chi connectivity index (χ1n) is 11.6. The van der Waals surface area contributed by atoms with Crippen molar-refractivity contribution in [3.8, 4) is 5.75 Å². The Morgan fingerprint density at radius 1 is 1.09 bits per heavy atom. The predicted octanol–water partition coefficient (Wildman–Crippen LogP) is 4.76. The van der Waals surface area contributed by atoms with E-state index < -0.39 is 6.04 Å². The first kappa shape index (κ1) is 20.7. The smallest absolute Gasteiger partial charge is 0.295 e. The highest BCUT2D eigenvalue weighted by Crippen LogP contribution is 2.48. The van der Waals surface area contributed by atoms with Crippen molar-refractivity contribution in [2.45, 2.75) is 57.6 Å². The lowest BCUT2D eigenvalue weighted by atomic mass is 9.77. The number of amides is 1. The lowest BCUT2D eigenvalue weighted by molar-refractivity contribution is -0.131. The average molecular weight is 433 g/mol. The van der Waals surface area contributed by atoms with Crippen molar-refractivity contribution in [1.82, 2.24) is 4.98 Å². The minimum Gasteiger partial charge on any atom is -0.494 e. The SMILES string of the molecule is CCCCOc1ccc(C2C3=C(OC4CCCCC4C3=O)C(=O)N2c2ccccn2)cc1. The van der Waals surface area contributed by atoms with Gasteiger partial charge in [-0.3, -0.25) is 14.5 Å². The molecular weight excluding hydrogens is 404 g/mol. The summed E-state index contributed by atoms with van der Waals surface area (Å²) in [5.74, 6) is 1.10. The van der Waals surface area contributed by atoms with Gasteiger partial charge in [0.25, 0.3) is 5.91 Å². The van der Waals surface area contributed by atoms with Crippen LogP contribution in [-0.2, 0) is 14.3 Å². The van der Waals surface area contributed by atoms with Gasteiger partial charge in [-0.1, -0.05) is 38.0 Å². The van der Waals surface area contributed by atoms with Crippen molar-refractivity contribution in [3.05, 3.63) is 65.6 Å². The van der Waals surface area contributed by atoms with E-state index in [9.17, 15) is 9.59 Å². The summed E-state index contributed by atoms with van der Waals surface area (Å²) in [6.45, 7) is 2.80. The summed E-state index contributed by atoms with van der Waals surface area (Å²) in [6.07, 6.45) is 7.21. The molecule has 3 heterocycles. The number of rotatable bonds is 6. The third-order valence-electron chi connectivity index (χ3n) is 6.62. The standard InChI is InChI=1S/C26H28N2O4/c1-2-3-16-31-18-13-11-17(12-14-18)23-22-24(29)19-8-4-5-9-20(19)32-25(22)26(30)28(23)21-10-6-7-15-27-21/h6-7,10-15,19-20,23H,2-5,8-9,16H2,1H3. The molecule has 0 saturated heterocycles. The minimum absolute atomic E-state index is 0.0519. The van der Waals surface area contributed by atoms with Gasteiger partial charge >= 0.3 is 0 Å². The first-order valence-corrected chi connectivity index (χ1v) is 11.6. The number of hydrogen-bond acceptors (Lipinski definition) is 5. The van der Waals surface area contributed by atoms with Gasteiger partial charge in [0.05, 0.1) is 24.1 Å². The Morgan fingerprint density at radius 2 is 1.91 bits per heavy atom. The minimum atomic E-state index is -0.549. The van der Waals surface area contributed by atoms with Gasteiger partial charge in [-0.2, -0.15) is 0 Å².